The van der Waals surface area contributed by atoms with Crippen molar-refractivity contribution in [1.82, 2.24) is 9.97 Å². The molecule has 0 aliphatic carbocycles. The van der Waals surface area contributed by atoms with Gasteiger partial charge in [0.15, 0.2) is 0 Å². The Hall–Kier alpha value is -2.18. The Morgan fingerprint density at radius 2 is 1.96 bits per heavy atom. The van der Waals surface area contributed by atoms with Crippen molar-refractivity contribution in [3.05, 3.63) is 48.3 Å². The molecule has 0 amide bonds. The lowest BCUT2D eigenvalue weighted by atomic mass is 9.84. The highest BCUT2D eigenvalue weighted by Crippen LogP contribution is 2.23. The van der Waals surface area contributed by atoms with Crippen LogP contribution in [0.3, 0.4) is 0 Å². The van der Waals surface area contributed by atoms with Crippen molar-refractivity contribution in [3.8, 4) is 0 Å². The summed E-state index contributed by atoms with van der Waals surface area (Å²) in [5.74, 6) is 1.69. The second kappa shape index (κ2) is 8.27. The molecule has 1 fully saturated rings. The molecule has 6 nitrogen and oxygen atoms in total. The number of aliphatic hydroxyl groups excluding tert-OH is 1. The fraction of sp³-hybridized carbons (Fsp3) is 0.474. The Morgan fingerprint density at radius 3 is 2.68 bits per heavy atom. The number of benzene rings is 1. The van der Waals surface area contributed by atoms with Gasteiger partial charge in [-0.2, -0.15) is 0 Å². The first-order valence-electron chi connectivity index (χ1n) is 8.72. The predicted molar refractivity (Wildman–Crippen MR) is 98.9 cm³/mol. The van der Waals surface area contributed by atoms with Crippen LogP contribution in [-0.2, 0) is 11.2 Å². The third-order valence-electron chi connectivity index (χ3n) is 4.54. The Morgan fingerprint density at radius 1 is 1.20 bits per heavy atom. The molecule has 0 spiro atoms. The highest BCUT2D eigenvalue weighted by molar-refractivity contribution is 5.48. The van der Waals surface area contributed by atoms with E-state index in [2.05, 4.69) is 39.2 Å². The summed E-state index contributed by atoms with van der Waals surface area (Å²) in [5, 5.41) is 13.3. The van der Waals surface area contributed by atoms with Crippen molar-refractivity contribution in [3.63, 3.8) is 0 Å². The van der Waals surface area contributed by atoms with Crippen LogP contribution in [-0.4, -0.2) is 54.5 Å². The van der Waals surface area contributed by atoms with Gasteiger partial charge in [-0.1, -0.05) is 37.3 Å². The van der Waals surface area contributed by atoms with E-state index in [1.165, 1.54) is 5.56 Å². The summed E-state index contributed by atoms with van der Waals surface area (Å²) in [4.78, 5) is 10.9. The van der Waals surface area contributed by atoms with E-state index in [-0.39, 0.29) is 12.0 Å². The summed E-state index contributed by atoms with van der Waals surface area (Å²) in [6.45, 7) is 5.97. The number of hydrogen-bond acceptors (Lipinski definition) is 6. The molecule has 1 aromatic heterocycles. The average Bonchev–Trinajstić information content (AvgIpc) is 2.68. The molecule has 2 N–H and O–H groups in total. The average molecular weight is 342 g/mol. The molecule has 1 aliphatic heterocycles. The molecule has 1 aromatic carbocycles. The van der Waals surface area contributed by atoms with Gasteiger partial charge in [0.25, 0.3) is 0 Å². The van der Waals surface area contributed by atoms with Crippen LogP contribution < -0.4 is 10.2 Å². The maximum absolute atomic E-state index is 9.89. The van der Waals surface area contributed by atoms with E-state index in [1.54, 1.807) is 6.33 Å². The molecule has 1 atom stereocenters. The maximum atomic E-state index is 9.89. The number of nitrogens with one attached hydrogen (secondary N) is 1. The first-order chi connectivity index (χ1) is 12.2. The van der Waals surface area contributed by atoms with Crippen molar-refractivity contribution in [2.24, 2.45) is 5.41 Å². The van der Waals surface area contributed by atoms with Gasteiger partial charge >= 0.3 is 0 Å². The standard InChI is InChI=1S/C19H26N4O2/c1-19(14-24,12-16-5-3-2-4-6-16)13-20-17-11-18(22-15-21-17)23-7-9-25-10-8-23/h2-6,11,15,24H,7-10,12-14H2,1H3,(H,20,21,22). The van der Waals surface area contributed by atoms with Gasteiger partial charge in [0, 0.05) is 31.1 Å². The van der Waals surface area contributed by atoms with Crippen LogP contribution in [0, 0.1) is 5.41 Å². The molecule has 2 aromatic rings. The lowest BCUT2D eigenvalue weighted by Crippen LogP contribution is -2.37. The Balaban J connectivity index is 1.63. The molecule has 0 radical (unpaired) electrons. The minimum Gasteiger partial charge on any atom is -0.396 e. The summed E-state index contributed by atoms with van der Waals surface area (Å²) in [6.07, 6.45) is 2.39. The highest BCUT2D eigenvalue weighted by Gasteiger charge is 2.24. The van der Waals surface area contributed by atoms with Gasteiger partial charge < -0.3 is 20.1 Å². The van der Waals surface area contributed by atoms with Gasteiger partial charge in [-0.15, -0.1) is 0 Å². The van der Waals surface area contributed by atoms with Crippen molar-refractivity contribution >= 4 is 11.6 Å². The van der Waals surface area contributed by atoms with Crippen LogP contribution in [0.4, 0.5) is 11.6 Å². The lowest BCUT2D eigenvalue weighted by molar-refractivity contribution is 0.122. The minimum absolute atomic E-state index is 0.107. The molecule has 2 heterocycles. The molecule has 6 heteroatoms. The molecular formula is C19H26N4O2. The second-order valence-electron chi connectivity index (χ2n) is 6.85. The molecule has 0 bridgehead atoms. The Kier molecular flexibility index (Phi) is 5.83. The topological polar surface area (TPSA) is 70.5 Å². The molecule has 3 rings (SSSR count). The molecule has 1 aliphatic rings. The molecule has 0 saturated carbocycles. The van der Waals surface area contributed by atoms with Gasteiger partial charge in [-0.05, 0) is 12.0 Å². The zero-order valence-electron chi connectivity index (χ0n) is 14.7. The number of hydrogen-bond donors (Lipinski definition) is 2. The fourth-order valence-electron chi connectivity index (χ4n) is 2.98. The molecule has 1 saturated heterocycles. The summed E-state index contributed by atoms with van der Waals surface area (Å²) in [6, 6.07) is 12.2. The van der Waals surface area contributed by atoms with Gasteiger partial charge in [0.1, 0.15) is 18.0 Å². The highest BCUT2D eigenvalue weighted by atomic mass is 16.5. The number of anilines is 2. The first kappa shape index (κ1) is 17.6. The van der Waals surface area contributed by atoms with Gasteiger partial charge in [0.2, 0.25) is 0 Å². The van der Waals surface area contributed by atoms with Crippen LogP contribution in [0.2, 0.25) is 0 Å². The van der Waals surface area contributed by atoms with Crippen molar-refractivity contribution < 1.29 is 9.84 Å². The quantitative estimate of drug-likeness (QED) is 0.802. The normalized spacial score (nSPS) is 17.1. The zero-order chi connectivity index (χ0) is 17.5. The van der Waals surface area contributed by atoms with E-state index in [0.29, 0.717) is 6.54 Å². The van der Waals surface area contributed by atoms with Gasteiger partial charge in [-0.3, -0.25) is 0 Å². The Labute approximate surface area is 148 Å². The minimum atomic E-state index is -0.259. The number of aliphatic hydroxyl groups is 1. The van der Waals surface area contributed by atoms with E-state index in [9.17, 15) is 5.11 Å². The summed E-state index contributed by atoms with van der Waals surface area (Å²) in [5.41, 5.74) is 0.961. The molecular weight excluding hydrogens is 316 g/mol. The van der Waals surface area contributed by atoms with Gasteiger partial charge in [-0.25, -0.2) is 9.97 Å². The Bertz CT molecular complexity index is 661. The van der Waals surface area contributed by atoms with E-state index in [1.807, 2.05) is 24.3 Å². The van der Waals surface area contributed by atoms with Crippen molar-refractivity contribution in [2.75, 3.05) is 49.7 Å². The van der Waals surface area contributed by atoms with Crippen LogP contribution in [0.15, 0.2) is 42.7 Å². The maximum Gasteiger partial charge on any atom is 0.134 e. The third kappa shape index (κ3) is 4.90. The van der Waals surface area contributed by atoms with Crippen LogP contribution in [0.1, 0.15) is 12.5 Å². The van der Waals surface area contributed by atoms with E-state index in [0.717, 1.165) is 44.4 Å². The SMILES string of the molecule is CC(CO)(CNc1cc(N2CCOCC2)ncn1)Cc1ccccc1. The third-order valence-corrected chi connectivity index (χ3v) is 4.54. The predicted octanol–water partition coefficient (Wildman–Crippen LogP) is 1.97. The summed E-state index contributed by atoms with van der Waals surface area (Å²) < 4.78 is 5.39. The molecule has 134 valence electrons. The van der Waals surface area contributed by atoms with Crippen LogP contribution in [0.5, 0.6) is 0 Å². The monoisotopic (exact) mass is 342 g/mol. The fourth-order valence-corrected chi connectivity index (χ4v) is 2.98. The largest absolute Gasteiger partial charge is 0.396 e. The second-order valence-corrected chi connectivity index (χ2v) is 6.85. The summed E-state index contributed by atoms with van der Waals surface area (Å²) >= 11 is 0. The number of aromatic nitrogens is 2. The summed E-state index contributed by atoms with van der Waals surface area (Å²) in [7, 11) is 0. The van der Waals surface area contributed by atoms with Crippen molar-refractivity contribution in [2.45, 2.75) is 13.3 Å². The van der Waals surface area contributed by atoms with E-state index >= 15 is 0 Å². The first-order valence-corrected chi connectivity index (χ1v) is 8.72. The van der Waals surface area contributed by atoms with E-state index < -0.39 is 0 Å². The number of rotatable bonds is 7. The number of nitrogens with zero attached hydrogens (tertiary/aromatic N) is 3. The smallest absolute Gasteiger partial charge is 0.134 e. The van der Waals surface area contributed by atoms with Gasteiger partial charge in [0.05, 0.1) is 19.8 Å². The van der Waals surface area contributed by atoms with Crippen LogP contribution >= 0.6 is 0 Å². The van der Waals surface area contributed by atoms with E-state index in [4.69, 9.17) is 4.74 Å². The van der Waals surface area contributed by atoms with Crippen molar-refractivity contribution in [1.29, 1.82) is 0 Å². The zero-order valence-corrected chi connectivity index (χ0v) is 14.7. The van der Waals surface area contributed by atoms with Crippen LogP contribution in [0.25, 0.3) is 0 Å². The lowest BCUT2D eigenvalue weighted by Gasteiger charge is -2.29. The molecule has 1 unspecified atom stereocenters. The number of ether oxygens (including phenoxy) is 1. The molecule has 25 heavy (non-hydrogen) atoms. The number of morpholine rings is 1.